The third-order valence-corrected chi connectivity index (χ3v) is 7.07. The summed E-state index contributed by atoms with van der Waals surface area (Å²) in [4.78, 5) is 9.89. The maximum atomic E-state index is 12.1. The summed E-state index contributed by atoms with van der Waals surface area (Å²) in [5, 5.41) is 0. The molecule has 0 spiro atoms. The van der Waals surface area contributed by atoms with Gasteiger partial charge in [-0.25, -0.2) is 4.57 Å². The van der Waals surface area contributed by atoms with Crippen LogP contribution in [0.5, 0.6) is 0 Å². The SMILES string of the molecule is CCCCCCCCCCCC=C1CCC(OC(C)OP(=O)(O)OCC[N+](C)(C)C)CC1. The Morgan fingerprint density at radius 3 is 2.16 bits per heavy atom. The van der Waals surface area contributed by atoms with Crippen LogP contribution in [0.3, 0.4) is 0 Å². The fourth-order valence-electron chi connectivity index (χ4n) is 4.01. The molecule has 1 aliphatic carbocycles. The van der Waals surface area contributed by atoms with Gasteiger partial charge in [0.05, 0.1) is 27.2 Å². The summed E-state index contributed by atoms with van der Waals surface area (Å²) in [7, 11) is 1.91. The summed E-state index contributed by atoms with van der Waals surface area (Å²) >= 11 is 0. The molecule has 1 rings (SSSR count). The molecule has 32 heavy (non-hydrogen) atoms. The molecule has 0 aromatic heterocycles. The van der Waals surface area contributed by atoms with Crippen LogP contribution in [0.25, 0.3) is 0 Å². The van der Waals surface area contributed by atoms with Crippen LogP contribution in [0.15, 0.2) is 11.6 Å². The summed E-state index contributed by atoms with van der Waals surface area (Å²) in [5.41, 5.74) is 1.54. The molecule has 1 N–H and O–H groups in total. The fraction of sp³-hybridized carbons (Fsp3) is 0.920. The predicted octanol–water partition coefficient (Wildman–Crippen LogP) is 6.98. The lowest BCUT2D eigenvalue weighted by atomic mass is 9.91. The van der Waals surface area contributed by atoms with Crippen LogP contribution < -0.4 is 0 Å². The Balaban J connectivity index is 2.12. The number of unbranched alkanes of at least 4 members (excludes halogenated alkanes) is 9. The highest BCUT2D eigenvalue weighted by Crippen LogP contribution is 2.45. The monoisotopic (exact) mass is 476 g/mol. The Labute approximate surface area is 197 Å². The van der Waals surface area contributed by atoms with E-state index >= 15 is 0 Å². The first-order valence-electron chi connectivity index (χ1n) is 12.9. The summed E-state index contributed by atoms with van der Waals surface area (Å²) < 4.78 is 28.8. The zero-order valence-corrected chi connectivity index (χ0v) is 22.4. The highest BCUT2D eigenvalue weighted by Gasteiger charge is 2.28. The van der Waals surface area contributed by atoms with E-state index < -0.39 is 14.1 Å². The van der Waals surface area contributed by atoms with Crippen molar-refractivity contribution in [3.05, 3.63) is 11.6 Å². The molecule has 0 saturated heterocycles. The molecule has 2 unspecified atom stereocenters. The summed E-state index contributed by atoms with van der Waals surface area (Å²) in [6, 6.07) is 0. The molecule has 0 amide bonds. The molecule has 1 aliphatic rings. The number of phosphoric ester groups is 1. The second kappa shape index (κ2) is 16.4. The van der Waals surface area contributed by atoms with Crippen molar-refractivity contribution in [3.8, 4) is 0 Å². The largest absolute Gasteiger partial charge is 0.474 e. The van der Waals surface area contributed by atoms with E-state index in [1.807, 2.05) is 21.1 Å². The van der Waals surface area contributed by atoms with Gasteiger partial charge < -0.3 is 14.1 Å². The molecule has 0 aliphatic heterocycles. The lowest BCUT2D eigenvalue weighted by Crippen LogP contribution is -2.37. The molecule has 190 valence electrons. The zero-order chi connectivity index (χ0) is 23.9. The van der Waals surface area contributed by atoms with E-state index in [2.05, 4.69) is 13.0 Å². The minimum atomic E-state index is -4.10. The number of quaternary nitrogens is 1. The number of allylic oxidation sites excluding steroid dienone is 2. The maximum Gasteiger partial charge on any atom is 0.474 e. The summed E-state index contributed by atoms with van der Waals surface area (Å²) in [6.45, 7) is 4.73. The van der Waals surface area contributed by atoms with Crippen molar-refractivity contribution in [2.75, 3.05) is 34.3 Å². The number of phosphoric acid groups is 1. The van der Waals surface area contributed by atoms with Crippen molar-refractivity contribution in [1.82, 2.24) is 0 Å². The van der Waals surface area contributed by atoms with Crippen LogP contribution in [0.2, 0.25) is 0 Å². The minimum absolute atomic E-state index is 0.0705. The molecule has 1 fully saturated rings. The second-order valence-corrected chi connectivity index (χ2v) is 11.7. The van der Waals surface area contributed by atoms with Gasteiger partial charge in [0, 0.05) is 0 Å². The Kier molecular flexibility index (Phi) is 15.3. The highest BCUT2D eigenvalue weighted by molar-refractivity contribution is 7.47. The fourth-order valence-corrected chi connectivity index (χ4v) is 4.81. The van der Waals surface area contributed by atoms with E-state index in [0.717, 1.165) is 25.7 Å². The first-order chi connectivity index (χ1) is 15.1. The van der Waals surface area contributed by atoms with Crippen LogP contribution in [0, 0.1) is 0 Å². The van der Waals surface area contributed by atoms with Crippen LogP contribution in [-0.2, 0) is 18.3 Å². The first kappa shape index (κ1) is 29.8. The Bertz CT molecular complexity index is 551. The molecule has 0 aromatic carbocycles. The van der Waals surface area contributed by atoms with Gasteiger partial charge >= 0.3 is 7.82 Å². The van der Waals surface area contributed by atoms with Crippen molar-refractivity contribution in [2.24, 2.45) is 0 Å². The van der Waals surface area contributed by atoms with Gasteiger partial charge in [0.15, 0.2) is 6.29 Å². The lowest BCUT2D eigenvalue weighted by Gasteiger charge is -2.28. The summed E-state index contributed by atoms with van der Waals surface area (Å²) in [6.07, 6.45) is 19.2. The molecule has 1 saturated carbocycles. The van der Waals surface area contributed by atoms with Gasteiger partial charge in [-0.1, -0.05) is 69.9 Å². The molecular weight excluding hydrogens is 425 g/mol. The van der Waals surface area contributed by atoms with Crippen LogP contribution >= 0.6 is 7.82 Å². The third-order valence-electron chi connectivity index (χ3n) is 6.00. The number of hydrogen-bond acceptors (Lipinski definition) is 4. The van der Waals surface area contributed by atoms with Crippen LogP contribution in [0.4, 0.5) is 0 Å². The van der Waals surface area contributed by atoms with Gasteiger partial charge in [0.2, 0.25) is 0 Å². The normalized spacial score (nSPS) is 20.2. The minimum Gasteiger partial charge on any atom is -0.349 e. The van der Waals surface area contributed by atoms with E-state index in [-0.39, 0.29) is 12.7 Å². The molecular formula is C25H51NO5P+. The van der Waals surface area contributed by atoms with Crippen molar-refractivity contribution in [1.29, 1.82) is 0 Å². The Morgan fingerprint density at radius 2 is 1.59 bits per heavy atom. The van der Waals surface area contributed by atoms with Crippen LogP contribution in [-0.4, -0.2) is 56.1 Å². The van der Waals surface area contributed by atoms with E-state index in [9.17, 15) is 9.46 Å². The van der Waals surface area contributed by atoms with E-state index in [0.29, 0.717) is 11.0 Å². The van der Waals surface area contributed by atoms with Crippen LogP contribution in [0.1, 0.15) is 104 Å². The van der Waals surface area contributed by atoms with Gasteiger partial charge in [-0.15, -0.1) is 0 Å². The van der Waals surface area contributed by atoms with Crippen molar-refractivity contribution in [3.63, 3.8) is 0 Å². The van der Waals surface area contributed by atoms with Gasteiger partial charge in [-0.3, -0.25) is 9.05 Å². The van der Waals surface area contributed by atoms with Crippen molar-refractivity contribution >= 4 is 7.82 Å². The van der Waals surface area contributed by atoms with Crippen molar-refractivity contribution < 1.29 is 27.7 Å². The number of ether oxygens (including phenoxy) is 1. The summed E-state index contributed by atoms with van der Waals surface area (Å²) in [5.74, 6) is 0. The highest BCUT2D eigenvalue weighted by atomic mass is 31.2. The lowest BCUT2D eigenvalue weighted by molar-refractivity contribution is -0.870. The Hall–Kier alpha value is -0.230. The topological polar surface area (TPSA) is 65.0 Å². The number of nitrogens with zero attached hydrogens (tertiary/aromatic N) is 1. The Morgan fingerprint density at radius 1 is 1.03 bits per heavy atom. The zero-order valence-electron chi connectivity index (χ0n) is 21.5. The van der Waals surface area contributed by atoms with Gasteiger partial charge in [-0.2, -0.15) is 0 Å². The van der Waals surface area contributed by atoms with Crippen molar-refractivity contribution in [2.45, 2.75) is 116 Å². The van der Waals surface area contributed by atoms with E-state index in [1.54, 1.807) is 6.92 Å². The number of likely N-dealkylation sites (N-methyl/N-ethyl adjacent to an activating group) is 1. The molecule has 2 atom stereocenters. The number of rotatable bonds is 18. The van der Waals surface area contributed by atoms with Gasteiger partial charge in [0.1, 0.15) is 13.2 Å². The predicted molar refractivity (Wildman–Crippen MR) is 132 cm³/mol. The second-order valence-electron chi connectivity index (χ2n) is 10.3. The van der Waals surface area contributed by atoms with Gasteiger partial charge in [0.25, 0.3) is 0 Å². The quantitative estimate of drug-likeness (QED) is 0.0760. The van der Waals surface area contributed by atoms with E-state index in [1.165, 1.54) is 69.8 Å². The molecule has 0 bridgehead atoms. The molecule has 0 radical (unpaired) electrons. The van der Waals surface area contributed by atoms with Gasteiger partial charge in [-0.05, 0) is 45.4 Å². The smallest absolute Gasteiger partial charge is 0.349 e. The number of hydrogen-bond donors (Lipinski definition) is 1. The molecule has 0 heterocycles. The molecule has 6 nitrogen and oxygen atoms in total. The maximum absolute atomic E-state index is 12.1. The first-order valence-corrected chi connectivity index (χ1v) is 14.4. The third kappa shape index (κ3) is 16.4. The average Bonchev–Trinajstić information content (AvgIpc) is 2.69. The molecule has 7 heteroatoms. The standard InChI is InChI=1S/C25H50NO5P/c1-6-7-8-9-10-11-12-13-14-15-16-24-17-19-25(20-18-24)30-23(2)31-32(27,28)29-22-21-26(3,4)5/h16,23,25H,6-15,17-22H2,1-5H3/p+1. The average molecular weight is 477 g/mol. The molecule has 0 aromatic rings. The van der Waals surface area contributed by atoms with E-state index in [4.69, 9.17) is 13.8 Å².